The summed E-state index contributed by atoms with van der Waals surface area (Å²) in [4.78, 5) is 17.5. The lowest BCUT2D eigenvalue weighted by Crippen LogP contribution is -2.08. The maximum absolute atomic E-state index is 11.0. The third kappa shape index (κ3) is 3.77. The first-order valence-corrected chi connectivity index (χ1v) is 7.87. The van der Waals surface area contributed by atoms with Crippen LogP contribution in [0.15, 0.2) is 71.9 Å². The van der Waals surface area contributed by atoms with Crippen molar-refractivity contribution in [2.24, 2.45) is 4.99 Å². The molecule has 0 atom stereocenters. The maximum Gasteiger partial charge on any atom is 0.335 e. The minimum Gasteiger partial charge on any atom is -0.478 e. The third-order valence-electron chi connectivity index (χ3n) is 3.86. The number of benzene rings is 2. The van der Waals surface area contributed by atoms with E-state index in [-0.39, 0.29) is 5.56 Å². The zero-order valence-corrected chi connectivity index (χ0v) is 14.1. The number of carboxylic acid groups (broad SMARTS) is 1. The molecule has 0 fully saturated rings. The fourth-order valence-corrected chi connectivity index (χ4v) is 2.51. The molecule has 1 N–H and O–H groups in total. The number of hydrogen-bond donors (Lipinski definition) is 1. The number of aliphatic imine (C=N–C) groups is 1. The van der Waals surface area contributed by atoms with E-state index < -0.39 is 5.97 Å². The van der Waals surface area contributed by atoms with E-state index in [0.717, 1.165) is 17.1 Å². The van der Waals surface area contributed by atoms with Crippen molar-refractivity contribution < 1.29 is 9.90 Å². The molecule has 1 heterocycles. The summed E-state index contributed by atoms with van der Waals surface area (Å²) < 4.78 is 2.03. The average molecular weight is 333 g/mol. The van der Waals surface area contributed by atoms with E-state index in [1.807, 2.05) is 37.0 Å². The Bertz CT molecular complexity index is 909. The van der Waals surface area contributed by atoms with Crippen molar-refractivity contribution in [3.63, 3.8) is 0 Å². The monoisotopic (exact) mass is 333 g/mol. The van der Waals surface area contributed by atoms with Gasteiger partial charge < -0.3 is 14.6 Å². The van der Waals surface area contributed by atoms with E-state index in [2.05, 4.69) is 34.2 Å². The first-order valence-electron chi connectivity index (χ1n) is 7.87. The van der Waals surface area contributed by atoms with Crippen molar-refractivity contribution >= 4 is 23.6 Å². The quantitative estimate of drug-likeness (QED) is 0.718. The standard InChI is InChI=1S/C20H19N3O2/c1-22(2)17-8-10-18(11-9-17)23-12-4-7-19(23)14-21-16-6-3-5-15(13-16)20(24)25/h3-14H,1-2H3,(H,24,25). The molecule has 2 aromatic carbocycles. The van der Waals surface area contributed by atoms with Gasteiger partial charge >= 0.3 is 5.97 Å². The summed E-state index contributed by atoms with van der Waals surface area (Å²) in [6, 6.07) is 18.7. The second-order valence-corrected chi connectivity index (χ2v) is 5.83. The summed E-state index contributed by atoms with van der Waals surface area (Å²) in [5, 5.41) is 9.06. The molecule has 0 bridgehead atoms. The number of hydrogen-bond acceptors (Lipinski definition) is 3. The van der Waals surface area contributed by atoms with Gasteiger partial charge in [-0.25, -0.2) is 4.79 Å². The van der Waals surface area contributed by atoms with Crippen molar-refractivity contribution in [2.45, 2.75) is 0 Å². The van der Waals surface area contributed by atoms with Crippen molar-refractivity contribution in [1.82, 2.24) is 4.57 Å². The highest BCUT2D eigenvalue weighted by molar-refractivity contribution is 5.89. The van der Waals surface area contributed by atoms with Crippen LogP contribution in [-0.2, 0) is 0 Å². The second kappa shape index (κ2) is 7.05. The van der Waals surface area contributed by atoms with Crippen LogP contribution in [0.3, 0.4) is 0 Å². The number of carboxylic acids is 1. The number of rotatable bonds is 5. The van der Waals surface area contributed by atoms with Gasteiger partial charge in [-0.05, 0) is 54.6 Å². The highest BCUT2D eigenvalue weighted by Gasteiger charge is 2.04. The van der Waals surface area contributed by atoms with Crippen LogP contribution in [0.4, 0.5) is 11.4 Å². The normalized spacial score (nSPS) is 11.0. The summed E-state index contributed by atoms with van der Waals surface area (Å²) in [7, 11) is 4.02. The van der Waals surface area contributed by atoms with Crippen molar-refractivity contribution in [2.75, 3.05) is 19.0 Å². The Labute approximate surface area is 146 Å². The minimum atomic E-state index is -0.957. The molecule has 0 saturated heterocycles. The van der Waals surface area contributed by atoms with Crippen LogP contribution >= 0.6 is 0 Å². The zero-order valence-electron chi connectivity index (χ0n) is 14.1. The van der Waals surface area contributed by atoms with Crippen LogP contribution in [0.2, 0.25) is 0 Å². The van der Waals surface area contributed by atoms with Crippen molar-refractivity contribution in [1.29, 1.82) is 0 Å². The van der Waals surface area contributed by atoms with Gasteiger partial charge in [0.05, 0.1) is 23.2 Å². The molecule has 0 aliphatic rings. The van der Waals surface area contributed by atoms with Crippen molar-refractivity contribution in [3.8, 4) is 5.69 Å². The highest BCUT2D eigenvalue weighted by Crippen LogP contribution is 2.18. The first-order chi connectivity index (χ1) is 12.0. The van der Waals surface area contributed by atoms with Gasteiger partial charge in [0.2, 0.25) is 0 Å². The van der Waals surface area contributed by atoms with Gasteiger partial charge in [-0.3, -0.25) is 4.99 Å². The highest BCUT2D eigenvalue weighted by atomic mass is 16.4. The fourth-order valence-electron chi connectivity index (χ4n) is 2.51. The lowest BCUT2D eigenvalue weighted by Gasteiger charge is -2.13. The molecule has 1 aromatic heterocycles. The number of aromatic nitrogens is 1. The summed E-state index contributed by atoms with van der Waals surface area (Å²) in [6.07, 6.45) is 3.71. The molecule has 3 rings (SSSR count). The Balaban J connectivity index is 1.87. The predicted molar refractivity (Wildman–Crippen MR) is 101 cm³/mol. The smallest absolute Gasteiger partial charge is 0.335 e. The van der Waals surface area contributed by atoms with E-state index in [9.17, 15) is 4.79 Å². The zero-order chi connectivity index (χ0) is 17.8. The SMILES string of the molecule is CN(C)c1ccc(-n2cccc2C=Nc2cccc(C(=O)O)c2)cc1. The van der Waals surface area contributed by atoms with Gasteiger partial charge in [0, 0.05) is 31.7 Å². The van der Waals surface area contributed by atoms with E-state index >= 15 is 0 Å². The summed E-state index contributed by atoms with van der Waals surface area (Å²) in [6.45, 7) is 0. The number of carbonyl (C=O) groups is 1. The number of aromatic carboxylic acids is 1. The lowest BCUT2D eigenvalue weighted by atomic mass is 10.2. The molecule has 0 saturated carbocycles. The van der Waals surface area contributed by atoms with Crippen LogP contribution in [0, 0.1) is 0 Å². The van der Waals surface area contributed by atoms with Gasteiger partial charge in [-0.1, -0.05) is 6.07 Å². The Hall–Kier alpha value is -3.34. The largest absolute Gasteiger partial charge is 0.478 e. The third-order valence-corrected chi connectivity index (χ3v) is 3.86. The Morgan fingerprint density at radius 3 is 2.52 bits per heavy atom. The van der Waals surface area contributed by atoms with Crippen LogP contribution in [0.25, 0.3) is 5.69 Å². The molecule has 0 radical (unpaired) electrons. The van der Waals surface area contributed by atoms with Crippen molar-refractivity contribution in [3.05, 3.63) is 78.1 Å². The number of nitrogens with zero attached hydrogens (tertiary/aromatic N) is 3. The first kappa shape index (κ1) is 16.5. The Kier molecular flexibility index (Phi) is 4.66. The van der Waals surface area contributed by atoms with E-state index in [1.165, 1.54) is 0 Å². The maximum atomic E-state index is 11.0. The number of anilines is 1. The summed E-state index contributed by atoms with van der Waals surface area (Å²) in [5.74, 6) is -0.957. The van der Waals surface area contributed by atoms with Gasteiger partial charge in [0.25, 0.3) is 0 Å². The van der Waals surface area contributed by atoms with Crippen LogP contribution in [-0.4, -0.2) is 36.0 Å². The van der Waals surface area contributed by atoms with E-state index in [4.69, 9.17) is 5.11 Å². The summed E-state index contributed by atoms with van der Waals surface area (Å²) >= 11 is 0. The fraction of sp³-hybridized carbons (Fsp3) is 0.100. The van der Waals surface area contributed by atoms with Gasteiger partial charge in [0.15, 0.2) is 0 Å². The van der Waals surface area contributed by atoms with E-state index in [0.29, 0.717) is 5.69 Å². The molecule has 5 heteroatoms. The van der Waals surface area contributed by atoms with Crippen LogP contribution in [0.5, 0.6) is 0 Å². The molecular formula is C20H19N3O2. The molecule has 25 heavy (non-hydrogen) atoms. The van der Waals surface area contributed by atoms with Crippen LogP contribution < -0.4 is 4.90 Å². The molecule has 0 aliphatic carbocycles. The topological polar surface area (TPSA) is 57.8 Å². The molecule has 0 amide bonds. The summed E-state index contributed by atoms with van der Waals surface area (Å²) in [5.41, 5.74) is 3.92. The lowest BCUT2D eigenvalue weighted by molar-refractivity contribution is 0.0697. The molecule has 3 aromatic rings. The minimum absolute atomic E-state index is 0.226. The van der Waals surface area contributed by atoms with Gasteiger partial charge in [0.1, 0.15) is 0 Å². The molecule has 5 nitrogen and oxygen atoms in total. The van der Waals surface area contributed by atoms with Crippen LogP contribution in [0.1, 0.15) is 16.1 Å². The molecule has 0 spiro atoms. The average Bonchev–Trinajstić information content (AvgIpc) is 3.09. The van der Waals surface area contributed by atoms with Gasteiger partial charge in [-0.15, -0.1) is 0 Å². The van der Waals surface area contributed by atoms with Gasteiger partial charge in [-0.2, -0.15) is 0 Å². The predicted octanol–water partition coefficient (Wildman–Crippen LogP) is 3.99. The molecule has 0 unspecified atom stereocenters. The molecule has 126 valence electrons. The Morgan fingerprint density at radius 2 is 1.84 bits per heavy atom. The van der Waals surface area contributed by atoms with E-state index in [1.54, 1.807) is 30.5 Å². The second-order valence-electron chi connectivity index (χ2n) is 5.83. The molecular weight excluding hydrogens is 314 g/mol. The molecule has 0 aliphatic heterocycles. The Morgan fingerprint density at radius 1 is 1.08 bits per heavy atom.